The molecule has 2 amide bonds. The second kappa shape index (κ2) is 12.3. The van der Waals surface area contributed by atoms with Crippen LogP contribution in [0.1, 0.15) is 45.1 Å². The van der Waals surface area contributed by atoms with Gasteiger partial charge in [-0.05, 0) is 37.2 Å². The van der Waals surface area contributed by atoms with Crippen molar-refractivity contribution in [1.82, 2.24) is 10.6 Å². The number of nitrogens with two attached hydrogens (primary N) is 1. The summed E-state index contributed by atoms with van der Waals surface area (Å²) >= 11 is 0. The Bertz CT molecular complexity index is 506. The van der Waals surface area contributed by atoms with Crippen molar-refractivity contribution in [2.45, 2.75) is 52.2 Å². The molecule has 140 valence electrons. The van der Waals surface area contributed by atoms with E-state index in [0.717, 1.165) is 24.8 Å². The standard InChI is InChI=1S/C19H31N3O3/c1-15(2)13-17(20)18(23)21-11-7-4-8-12-22-19(24)25-14-16-9-5-3-6-10-16/h3,5-6,9-10,15,17H,4,7-8,11-14,20H2,1-2H3,(H,21,23)(H,22,24)/t17-/m0/s1. The van der Waals surface area contributed by atoms with Gasteiger partial charge in [0, 0.05) is 13.1 Å². The van der Waals surface area contributed by atoms with E-state index in [2.05, 4.69) is 10.6 Å². The van der Waals surface area contributed by atoms with E-state index in [0.29, 0.717) is 25.4 Å². The second-order valence-corrected chi connectivity index (χ2v) is 6.58. The fourth-order valence-corrected chi connectivity index (χ4v) is 2.35. The average Bonchev–Trinajstić information content (AvgIpc) is 2.59. The molecule has 0 fully saturated rings. The summed E-state index contributed by atoms with van der Waals surface area (Å²) in [6, 6.07) is 9.13. The lowest BCUT2D eigenvalue weighted by molar-refractivity contribution is -0.122. The van der Waals surface area contributed by atoms with Gasteiger partial charge in [0.05, 0.1) is 6.04 Å². The molecule has 0 aliphatic rings. The van der Waals surface area contributed by atoms with Crippen molar-refractivity contribution in [1.29, 1.82) is 0 Å². The van der Waals surface area contributed by atoms with Crippen molar-refractivity contribution in [3.05, 3.63) is 35.9 Å². The third kappa shape index (κ3) is 10.4. The second-order valence-electron chi connectivity index (χ2n) is 6.58. The van der Waals surface area contributed by atoms with Gasteiger partial charge < -0.3 is 21.1 Å². The molecular weight excluding hydrogens is 318 g/mol. The van der Waals surface area contributed by atoms with Crippen molar-refractivity contribution in [2.75, 3.05) is 13.1 Å². The highest BCUT2D eigenvalue weighted by atomic mass is 16.5. The number of benzene rings is 1. The van der Waals surface area contributed by atoms with Crippen LogP contribution in [0.2, 0.25) is 0 Å². The molecule has 1 rings (SSSR count). The summed E-state index contributed by atoms with van der Waals surface area (Å²) in [6.45, 7) is 5.54. The molecule has 0 unspecified atom stereocenters. The summed E-state index contributed by atoms with van der Waals surface area (Å²) in [7, 11) is 0. The van der Waals surface area contributed by atoms with Gasteiger partial charge in [-0.2, -0.15) is 0 Å². The smallest absolute Gasteiger partial charge is 0.407 e. The van der Waals surface area contributed by atoms with Crippen LogP contribution in [0.3, 0.4) is 0 Å². The first-order valence-electron chi connectivity index (χ1n) is 8.97. The van der Waals surface area contributed by atoms with E-state index in [4.69, 9.17) is 10.5 Å². The fraction of sp³-hybridized carbons (Fsp3) is 0.579. The maximum Gasteiger partial charge on any atom is 0.407 e. The van der Waals surface area contributed by atoms with Crippen LogP contribution in [0.5, 0.6) is 0 Å². The monoisotopic (exact) mass is 349 g/mol. The maximum atomic E-state index is 11.7. The van der Waals surface area contributed by atoms with Crippen LogP contribution < -0.4 is 16.4 Å². The minimum atomic E-state index is -0.430. The molecule has 1 atom stereocenters. The van der Waals surface area contributed by atoms with Crippen LogP contribution in [0, 0.1) is 5.92 Å². The molecule has 25 heavy (non-hydrogen) atoms. The topological polar surface area (TPSA) is 93.5 Å². The molecule has 1 aromatic rings. The summed E-state index contributed by atoms with van der Waals surface area (Å²) in [5.74, 6) is 0.324. The highest BCUT2D eigenvalue weighted by Crippen LogP contribution is 2.03. The molecule has 0 spiro atoms. The van der Waals surface area contributed by atoms with E-state index >= 15 is 0 Å². The van der Waals surface area contributed by atoms with E-state index in [9.17, 15) is 9.59 Å². The Labute approximate surface area is 150 Å². The number of carbonyl (C=O) groups is 2. The molecule has 6 heteroatoms. The highest BCUT2D eigenvalue weighted by molar-refractivity contribution is 5.81. The Hall–Kier alpha value is -2.08. The fourth-order valence-electron chi connectivity index (χ4n) is 2.35. The number of hydrogen-bond acceptors (Lipinski definition) is 4. The van der Waals surface area contributed by atoms with Crippen LogP contribution in [0.25, 0.3) is 0 Å². The quantitative estimate of drug-likeness (QED) is 0.535. The predicted octanol–water partition coefficient (Wildman–Crippen LogP) is 2.57. The first-order valence-corrected chi connectivity index (χ1v) is 8.97. The number of unbranched alkanes of at least 4 members (excludes halogenated alkanes) is 2. The van der Waals surface area contributed by atoms with Crippen LogP contribution in [-0.2, 0) is 16.1 Å². The third-order valence-corrected chi connectivity index (χ3v) is 3.70. The molecule has 0 radical (unpaired) electrons. The molecule has 0 bridgehead atoms. The van der Waals surface area contributed by atoms with Gasteiger partial charge in [0.1, 0.15) is 6.61 Å². The zero-order chi connectivity index (χ0) is 18.5. The van der Waals surface area contributed by atoms with E-state index in [1.807, 2.05) is 44.2 Å². The van der Waals surface area contributed by atoms with Crippen molar-refractivity contribution in [2.24, 2.45) is 11.7 Å². The number of nitrogens with one attached hydrogen (secondary N) is 2. The molecule has 4 N–H and O–H groups in total. The van der Waals surface area contributed by atoms with E-state index < -0.39 is 12.1 Å². The van der Waals surface area contributed by atoms with Crippen LogP contribution in [0.15, 0.2) is 30.3 Å². The summed E-state index contributed by atoms with van der Waals surface area (Å²) in [5, 5.41) is 5.57. The number of ether oxygens (including phenoxy) is 1. The van der Waals surface area contributed by atoms with Gasteiger partial charge in [-0.15, -0.1) is 0 Å². The molecule has 0 aromatic heterocycles. The van der Waals surface area contributed by atoms with Crippen molar-refractivity contribution in [3.8, 4) is 0 Å². The van der Waals surface area contributed by atoms with Gasteiger partial charge in [0.15, 0.2) is 0 Å². The van der Waals surface area contributed by atoms with Crippen molar-refractivity contribution in [3.63, 3.8) is 0 Å². The lowest BCUT2D eigenvalue weighted by Gasteiger charge is -2.14. The first kappa shape index (κ1) is 21.0. The Kier molecular flexibility index (Phi) is 10.3. The zero-order valence-corrected chi connectivity index (χ0v) is 15.3. The molecule has 6 nitrogen and oxygen atoms in total. The van der Waals surface area contributed by atoms with Crippen LogP contribution in [-0.4, -0.2) is 31.1 Å². The Balaban J connectivity index is 1.97. The highest BCUT2D eigenvalue weighted by Gasteiger charge is 2.13. The number of carbonyl (C=O) groups excluding carboxylic acids is 2. The molecular formula is C19H31N3O3. The summed E-state index contributed by atoms with van der Waals surface area (Å²) in [6.07, 6.45) is 2.91. The molecule has 0 saturated carbocycles. The normalized spacial score (nSPS) is 11.8. The van der Waals surface area contributed by atoms with Gasteiger partial charge in [0.25, 0.3) is 0 Å². The van der Waals surface area contributed by atoms with Gasteiger partial charge in [0.2, 0.25) is 5.91 Å². The van der Waals surface area contributed by atoms with E-state index in [-0.39, 0.29) is 12.5 Å². The Morgan fingerprint density at radius 2 is 1.68 bits per heavy atom. The number of hydrogen-bond donors (Lipinski definition) is 3. The third-order valence-electron chi connectivity index (χ3n) is 3.70. The number of rotatable bonds is 11. The van der Waals surface area contributed by atoms with Gasteiger partial charge in [-0.25, -0.2) is 4.79 Å². The maximum absolute atomic E-state index is 11.7. The van der Waals surface area contributed by atoms with Gasteiger partial charge in [-0.3, -0.25) is 4.79 Å². The average molecular weight is 349 g/mol. The van der Waals surface area contributed by atoms with Crippen LogP contribution in [0.4, 0.5) is 4.79 Å². The Morgan fingerprint density at radius 1 is 1.04 bits per heavy atom. The Morgan fingerprint density at radius 3 is 2.32 bits per heavy atom. The van der Waals surface area contributed by atoms with Crippen LogP contribution >= 0.6 is 0 Å². The molecule has 1 aromatic carbocycles. The summed E-state index contributed by atoms with van der Waals surface area (Å²) < 4.78 is 5.12. The number of alkyl carbamates (subject to hydrolysis) is 1. The van der Waals surface area contributed by atoms with Crippen molar-refractivity contribution >= 4 is 12.0 Å². The first-order chi connectivity index (χ1) is 12.0. The SMILES string of the molecule is CC(C)C[C@H](N)C(=O)NCCCCCNC(=O)OCc1ccccc1. The minimum absolute atomic E-state index is 0.0867. The molecule has 0 heterocycles. The van der Waals surface area contributed by atoms with E-state index in [1.54, 1.807) is 0 Å². The lowest BCUT2D eigenvalue weighted by atomic mass is 10.0. The zero-order valence-electron chi connectivity index (χ0n) is 15.3. The largest absolute Gasteiger partial charge is 0.445 e. The number of amides is 2. The minimum Gasteiger partial charge on any atom is -0.445 e. The van der Waals surface area contributed by atoms with Gasteiger partial charge in [-0.1, -0.05) is 44.2 Å². The molecule has 0 saturated heterocycles. The van der Waals surface area contributed by atoms with Gasteiger partial charge >= 0.3 is 6.09 Å². The lowest BCUT2D eigenvalue weighted by Crippen LogP contribution is -2.41. The molecule has 0 aliphatic heterocycles. The predicted molar refractivity (Wildman–Crippen MR) is 98.9 cm³/mol. The summed E-state index contributed by atoms with van der Waals surface area (Å²) in [5.41, 5.74) is 6.77. The summed E-state index contributed by atoms with van der Waals surface area (Å²) in [4.78, 5) is 23.3. The molecule has 0 aliphatic carbocycles. The van der Waals surface area contributed by atoms with Crippen molar-refractivity contribution < 1.29 is 14.3 Å². The van der Waals surface area contributed by atoms with E-state index in [1.165, 1.54) is 0 Å².